The number of carbonyl (C=O) groups is 1. The minimum absolute atomic E-state index is 0.135. The Balaban J connectivity index is 1.89. The van der Waals surface area contributed by atoms with E-state index in [1.807, 2.05) is 0 Å². The molecule has 0 saturated carbocycles. The van der Waals surface area contributed by atoms with Crippen LogP contribution in [0.3, 0.4) is 0 Å². The van der Waals surface area contributed by atoms with Gasteiger partial charge in [-0.2, -0.15) is 4.39 Å². The van der Waals surface area contributed by atoms with Crippen LogP contribution in [0.25, 0.3) is 0 Å². The number of anilines is 1. The lowest BCUT2D eigenvalue weighted by molar-refractivity contribution is -0.136. The van der Waals surface area contributed by atoms with E-state index < -0.39 is 37.1 Å². The Labute approximate surface area is 119 Å². The van der Waals surface area contributed by atoms with Crippen molar-refractivity contribution in [3.63, 3.8) is 0 Å². The van der Waals surface area contributed by atoms with E-state index >= 15 is 0 Å². The molecule has 0 radical (unpaired) electrons. The van der Waals surface area contributed by atoms with E-state index in [0.29, 0.717) is 17.3 Å². The molecular formula is C12H16FN5O3. The van der Waals surface area contributed by atoms with Crippen molar-refractivity contribution in [1.82, 2.24) is 9.55 Å². The van der Waals surface area contributed by atoms with Gasteiger partial charge in [-0.1, -0.05) is 0 Å². The summed E-state index contributed by atoms with van der Waals surface area (Å²) < 4.78 is 20.2. The molecule has 9 heteroatoms. The maximum Gasteiger partial charge on any atom is 0.307 e. The van der Waals surface area contributed by atoms with Gasteiger partial charge in [-0.3, -0.25) is 9.36 Å². The molecule has 3 rings (SSSR count). The summed E-state index contributed by atoms with van der Waals surface area (Å²) in [7, 11) is 0. The molecule has 1 aromatic heterocycles. The molecular weight excluding hydrogens is 281 g/mol. The molecule has 1 fully saturated rings. The summed E-state index contributed by atoms with van der Waals surface area (Å²) in [4.78, 5) is 19.3. The SMILES string of the molecule is CC1=NC(N)c2ncn([C@H]3C[C@H](C(=O)F)[C@@H](CO)O3)c2N1. The zero-order chi connectivity index (χ0) is 15.1. The number of hydrogen-bond donors (Lipinski definition) is 3. The van der Waals surface area contributed by atoms with E-state index in [1.165, 1.54) is 6.33 Å². The molecule has 1 unspecified atom stereocenters. The van der Waals surface area contributed by atoms with Crippen molar-refractivity contribution in [1.29, 1.82) is 0 Å². The molecule has 4 N–H and O–H groups in total. The minimum atomic E-state index is -1.48. The molecule has 8 nitrogen and oxygen atoms in total. The molecule has 1 saturated heterocycles. The second-order valence-corrected chi connectivity index (χ2v) is 5.13. The number of aliphatic hydroxyl groups excluding tert-OH is 1. The van der Waals surface area contributed by atoms with E-state index in [-0.39, 0.29) is 6.42 Å². The molecule has 3 heterocycles. The lowest BCUT2D eigenvalue weighted by Crippen LogP contribution is -2.25. The standard InChI is InChI=1S/C12H16FN5O3/c1-5-16-11(14)9-12(17-5)18(4-15-9)8-2-6(10(13)20)7(3-19)21-8/h4,6-8,11,19H,2-3,14H2,1H3,(H,16,17)/t6-,7+,8+,11?/m0/s1. The third-order valence-electron chi connectivity index (χ3n) is 3.75. The number of aliphatic imine (C=N–C) groups is 1. The third-order valence-corrected chi connectivity index (χ3v) is 3.75. The fourth-order valence-electron chi connectivity index (χ4n) is 2.72. The number of fused-ring (bicyclic) bond motifs is 1. The summed E-state index contributed by atoms with van der Waals surface area (Å²) in [5.74, 6) is 0.278. The summed E-state index contributed by atoms with van der Waals surface area (Å²) in [6.07, 6.45) is -0.367. The van der Waals surface area contributed by atoms with Crippen molar-refractivity contribution < 1.29 is 19.0 Å². The number of nitrogens with zero attached hydrogens (tertiary/aromatic N) is 3. The molecule has 0 amide bonds. The van der Waals surface area contributed by atoms with E-state index in [9.17, 15) is 14.3 Å². The van der Waals surface area contributed by atoms with Crippen molar-refractivity contribution >= 4 is 17.7 Å². The first-order chi connectivity index (χ1) is 10.0. The van der Waals surface area contributed by atoms with Crippen molar-refractivity contribution in [2.75, 3.05) is 11.9 Å². The number of ether oxygens (including phenoxy) is 1. The van der Waals surface area contributed by atoms with Crippen LogP contribution in [0.1, 0.15) is 31.4 Å². The van der Waals surface area contributed by atoms with Crippen molar-refractivity contribution in [2.24, 2.45) is 16.6 Å². The third kappa shape index (κ3) is 2.33. The quantitative estimate of drug-likeness (QED) is 0.680. The molecule has 114 valence electrons. The Kier molecular flexibility index (Phi) is 3.47. The van der Waals surface area contributed by atoms with Crippen LogP contribution in [-0.4, -0.2) is 39.2 Å². The highest BCUT2D eigenvalue weighted by Gasteiger charge is 2.41. The van der Waals surface area contributed by atoms with Crippen LogP contribution in [0.2, 0.25) is 0 Å². The number of nitrogens with one attached hydrogen (secondary N) is 1. The van der Waals surface area contributed by atoms with Gasteiger partial charge in [0.25, 0.3) is 0 Å². The van der Waals surface area contributed by atoms with E-state index in [4.69, 9.17) is 10.5 Å². The Morgan fingerprint density at radius 3 is 3.10 bits per heavy atom. The first-order valence-electron chi connectivity index (χ1n) is 6.60. The smallest absolute Gasteiger partial charge is 0.307 e. The van der Waals surface area contributed by atoms with Gasteiger partial charge in [0.05, 0.1) is 25.0 Å². The summed E-state index contributed by atoms with van der Waals surface area (Å²) in [6, 6.07) is -1.48. The van der Waals surface area contributed by atoms with E-state index in [2.05, 4.69) is 15.3 Å². The molecule has 1 aromatic rings. The number of amidine groups is 1. The summed E-state index contributed by atoms with van der Waals surface area (Å²) >= 11 is 0. The van der Waals surface area contributed by atoms with Crippen LogP contribution in [0, 0.1) is 5.92 Å². The number of aliphatic hydroxyl groups is 1. The predicted octanol–water partition coefficient (Wildman–Crippen LogP) is 0.0764. The van der Waals surface area contributed by atoms with Gasteiger partial charge in [-0.25, -0.2) is 9.98 Å². The molecule has 0 aliphatic carbocycles. The van der Waals surface area contributed by atoms with Gasteiger partial charge >= 0.3 is 6.04 Å². The number of nitrogens with two attached hydrogens (primary N) is 1. The number of carbonyl (C=O) groups excluding carboxylic acids is 1. The van der Waals surface area contributed by atoms with Crippen LogP contribution >= 0.6 is 0 Å². The predicted molar refractivity (Wildman–Crippen MR) is 71.1 cm³/mol. The van der Waals surface area contributed by atoms with E-state index in [1.54, 1.807) is 11.5 Å². The molecule has 4 atom stereocenters. The molecule has 0 spiro atoms. The first kappa shape index (κ1) is 14.1. The van der Waals surface area contributed by atoms with E-state index in [0.717, 1.165) is 0 Å². The summed E-state index contributed by atoms with van der Waals surface area (Å²) in [5, 5.41) is 12.2. The van der Waals surface area contributed by atoms with Gasteiger partial charge in [-0.05, 0) is 6.92 Å². The van der Waals surface area contributed by atoms with Crippen LogP contribution in [-0.2, 0) is 9.53 Å². The highest BCUT2D eigenvalue weighted by atomic mass is 19.1. The number of halogens is 1. The van der Waals surface area contributed by atoms with Crippen LogP contribution in [0.5, 0.6) is 0 Å². The lowest BCUT2D eigenvalue weighted by atomic mass is 10.0. The van der Waals surface area contributed by atoms with Gasteiger partial charge in [0.15, 0.2) is 0 Å². The largest absolute Gasteiger partial charge is 0.394 e. The first-order valence-corrected chi connectivity index (χ1v) is 6.60. The fraction of sp³-hybridized carbons (Fsp3) is 0.583. The minimum Gasteiger partial charge on any atom is -0.394 e. The monoisotopic (exact) mass is 297 g/mol. The number of rotatable bonds is 3. The number of aromatic nitrogens is 2. The fourth-order valence-corrected chi connectivity index (χ4v) is 2.72. The van der Waals surface area contributed by atoms with Gasteiger partial charge in [-0.15, -0.1) is 0 Å². The average Bonchev–Trinajstić information content (AvgIpc) is 3.01. The van der Waals surface area contributed by atoms with Crippen LogP contribution < -0.4 is 11.1 Å². The van der Waals surface area contributed by atoms with Crippen molar-refractivity contribution in [3.8, 4) is 0 Å². The second kappa shape index (κ2) is 5.17. The number of hydrogen-bond acceptors (Lipinski definition) is 7. The van der Waals surface area contributed by atoms with Crippen LogP contribution in [0.15, 0.2) is 11.3 Å². The number of imidazole rings is 1. The van der Waals surface area contributed by atoms with Gasteiger partial charge < -0.3 is 20.9 Å². The Morgan fingerprint density at radius 2 is 2.48 bits per heavy atom. The Bertz CT molecular complexity index is 602. The maximum absolute atomic E-state index is 13.0. The van der Waals surface area contributed by atoms with Crippen molar-refractivity contribution in [3.05, 3.63) is 12.0 Å². The zero-order valence-corrected chi connectivity index (χ0v) is 11.4. The average molecular weight is 297 g/mol. The van der Waals surface area contributed by atoms with Gasteiger partial charge in [0.1, 0.15) is 29.7 Å². The van der Waals surface area contributed by atoms with Crippen molar-refractivity contribution in [2.45, 2.75) is 31.8 Å². The topological polar surface area (TPSA) is 115 Å². The summed E-state index contributed by atoms with van der Waals surface area (Å²) in [5.41, 5.74) is 6.43. The normalized spacial score (nSPS) is 31.5. The van der Waals surface area contributed by atoms with Crippen LogP contribution in [0.4, 0.5) is 10.2 Å². The molecule has 0 bridgehead atoms. The molecule has 21 heavy (non-hydrogen) atoms. The zero-order valence-electron chi connectivity index (χ0n) is 11.4. The molecule has 2 aliphatic heterocycles. The Hall–Kier alpha value is -1.84. The highest BCUT2D eigenvalue weighted by Crippen LogP contribution is 2.38. The lowest BCUT2D eigenvalue weighted by Gasteiger charge is -2.21. The van der Waals surface area contributed by atoms with Gasteiger partial charge in [0.2, 0.25) is 0 Å². The maximum atomic E-state index is 13.0. The second-order valence-electron chi connectivity index (χ2n) is 5.13. The molecule has 2 aliphatic rings. The molecule has 0 aromatic carbocycles. The van der Waals surface area contributed by atoms with Gasteiger partial charge in [0, 0.05) is 6.42 Å². The highest BCUT2D eigenvalue weighted by molar-refractivity contribution is 5.95. The Morgan fingerprint density at radius 1 is 1.71 bits per heavy atom. The summed E-state index contributed by atoms with van der Waals surface area (Å²) in [6.45, 7) is 1.35.